The molecule has 10 aromatic rings. The number of aromatic nitrogens is 6. The Labute approximate surface area is 709 Å². The van der Waals surface area contributed by atoms with E-state index in [1.165, 1.54) is 48.5 Å². The topological polar surface area (TPSA) is 190 Å². The summed E-state index contributed by atoms with van der Waals surface area (Å²) in [6, 6.07) is 39.7. The van der Waals surface area contributed by atoms with E-state index in [1.54, 1.807) is 113 Å². The molecule has 0 spiro atoms. The molecule has 0 fully saturated rings. The summed E-state index contributed by atoms with van der Waals surface area (Å²) >= 11 is 20.0. The van der Waals surface area contributed by atoms with Gasteiger partial charge in [-0.2, -0.15) is 52.7 Å². The van der Waals surface area contributed by atoms with Gasteiger partial charge in [0.2, 0.25) is 0 Å². The largest absolute Gasteiger partial charge is 0.460 e. The maximum absolute atomic E-state index is 12.8. The third-order valence-corrected chi connectivity index (χ3v) is 20.7. The minimum Gasteiger partial charge on any atom is -0.460 e. The van der Waals surface area contributed by atoms with Crippen LogP contribution in [0.3, 0.4) is 0 Å². The molecular formula is C77H79Br6Cl3F12N8O4S. The summed E-state index contributed by atoms with van der Waals surface area (Å²) in [6.07, 6.45) is -7.06. The van der Waals surface area contributed by atoms with Crippen LogP contribution in [0, 0.1) is 6.92 Å². The summed E-state index contributed by atoms with van der Waals surface area (Å²) in [4.78, 5) is 47.2. The molecule has 0 saturated carbocycles. The van der Waals surface area contributed by atoms with E-state index in [4.69, 9.17) is 16.2 Å². The Hall–Kier alpha value is -6.10. The Morgan fingerprint density at radius 1 is 0.414 bits per heavy atom. The molecule has 0 amide bonds. The fourth-order valence-electron chi connectivity index (χ4n) is 9.05. The number of aryl methyl sites for hydroxylation is 1. The monoisotopic (exact) mass is 2020 g/mol. The Morgan fingerprint density at radius 2 is 0.685 bits per heavy atom. The molecule has 6 heterocycles. The number of alkyl halides is 12. The zero-order valence-electron chi connectivity index (χ0n) is 58.3. The van der Waals surface area contributed by atoms with Crippen molar-refractivity contribution in [2.24, 2.45) is 11.5 Å². The number of pyridine rings is 6. The van der Waals surface area contributed by atoms with Crippen molar-refractivity contribution in [3.05, 3.63) is 313 Å². The Bertz CT molecular complexity index is 4370. The van der Waals surface area contributed by atoms with E-state index in [0.717, 1.165) is 76.6 Å². The van der Waals surface area contributed by atoms with Crippen molar-refractivity contribution in [3.63, 3.8) is 0 Å². The van der Waals surface area contributed by atoms with Crippen LogP contribution in [-0.4, -0.2) is 62.5 Å². The number of carbonyl (C=O) groups excluding carboxylic acids is 2. The first-order valence-corrected chi connectivity index (χ1v) is 37.3. The quantitative estimate of drug-likeness (QED) is 0.0632. The van der Waals surface area contributed by atoms with E-state index in [0.29, 0.717) is 61.5 Å². The molecule has 12 nitrogen and oxygen atoms in total. The number of esters is 1. The minimum atomic E-state index is -4.41. The smallest absolute Gasteiger partial charge is 0.416 e. The number of ether oxygens (including phenoxy) is 1. The highest BCUT2D eigenvalue weighted by Crippen LogP contribution is 2.39. The first kappa shape index (κ1) is 105. The van der Waals surface area contributed by atoms with E-state index in [9.17, 15) is 66.5 Å². The van der Waals surface area contributed by atoms with Crippen LogP contribution < -0.4 is 11.5 Å². The molecule has 0 unspecified atom stereocenters. The summed E-state index contributed by atoms with van der Waals surface area (Å²) in [5.41, 5.74) is 14.8. The summed E-state index contributed by atoms with van der Waals surface area (Å²) < 4.78 is 174. The van der Waals surface area contributed by atoms with Crippen molar-refractivity contribution in [2.45, 2.75) is 129 Å². The van der Waals surface area contributed by atoms with Crippen LogP contribution in [0.1, 0.15) is 170 Å². The van der Waals surface area contributed by atoms with Gasteiger partial charge in [-0.25, -0.2) is 0 Å². The second-order valence-corrected chi connectivity index (χ2v) is 31.9. The van der Waals surface area contributed by atoms with Crippen LogP contribution in [0.4, 0.5) is 52.7 Å². The highest BCUT2D eigenvalue weighted by Gasteiger charge is 2.35. The number of nitrogens with zero attached hydrogens (tertiary/aromatic N) is 6. The van der Waals surface area contributed by atoms with Gasteiger partial charge in [-0.15, -0.1) is 37.2 Å². The number of hydrogen-bond acceptors (Lipinski definition) is 12. The van der Waals surface area contributed by atoms with Crippen molar-refractivity contribution in [1.29, 1.82) is 0 Å². The highest BCUT2D eigenvalue weighted by atomic mass is 79.9. The van der Waals surface area contributed by atoms with Gasteiger partial charge in [0.05, 0.1) is 69.2 Å². The summed E-state index contributed by atoms with van der Waals surface area (Å²) in [6.45, 7) is 12.9. The molecule has 0 aliphatic carbocycles. The summed E-state index contributed by atoms with van der Waals surface area (Å²) in [5, 5.41) is 0. The molecule has 604 valence electrons. The second-order valence-electron chi connectivity index (χ2n) is 24.5. The number of aldehydes is 1. The molecule has 6 aromatic heterocycles. The molecule has 4 N–H and O–H groups in total. The number of rotatable bonds is 13. The van der Waals surface area contributed by atoms with E-state index >= 15 is 0 Å². The van der Waals surface area contributed by atoms with Gasteiger partial charge < -0.3 is 16.2 Å². The van der Waals surface area contributed by atoms with Crippen molar-refractivity contribution in [1.82, 2.24) is 29.9 Å². The maximum Gasteiger partial charge on any atom is 0.416 e. The van der Waals surface area contributed by atoms with Gasteiger partial charge in [0, 0.05) is 97.2 Å². The molecular weight excluding hydrogens is 1950 g/mol. The number of halogens is 21. The SMILES string of the molecule is C.C.CC(C)(C)OC(=O)C[C@@H](c1ccc(C(F)(F)F)cc1)c1ncccc1Br.CC(C)(C)[S@](=O)C[C@@H](c1ccc(C(F)(F)F)cc1)c1ncccc1Br.Cc1ncccc1Br.Cl.Cl.Cl.N[C@@H](c1ccc(C(F)(F)F)cc1)c1ncccc1Br.N[C@@H](c1ccc(C(F)(F)F)cc1)c1ncccc1Br.O=Cc1ncccc1Br. The van der Waals surface area contributed by atoms with Gasteiger partial charge >= 0.3 is 30.7 Å². The average Bonchev–Trinajstić information content (AvgIpc) is 0.812. The standard InChI is InChI=1S/C19H19BrF3NO2.C18H19BrF3NOS.2C13H10BrF3N2.C6H4BrNO.C6H6BrN.2CH4.3ClH/c1-18(2,3)26-16(25)11-14(17-15(20)5-4-10-24-17)12-6-8-13(9-7-12)19(21,22)23;1-17(2,3)25(24)11-14(16-15(19)5-4-10-23-16)12-6-8-13(9-7-12)18(20,21)22;2*14-10-2-1-7-19-12(10)11(18)8-3-5-9(6-4-8)13(15,16)17;7-5-2-1-3-8-6(5)4-9;1-5-6(7)3-2-4-8-5;;;;;/h4-10,14H,11H2,1-3H3;4-10,14H,11H2,1-3H3;2*1-7,11H,18H2;1-4H;2-4H,1H3;2*1H4;3*1H/t14-;14-,25+;2*11-;;;;;;;/m0000......./s1. The van der Waals surface area contributed by atoms with E-state index in [1.807, 2.05) is 45.9 Å². The third kappa shape index (κ3) is 34.5. The normalized spacial score (nSPS) is 12.5. The van der Waals surface area contributed by atoms with Crippen molar-refractivity contribution in [3.8, 4) is 0 Å². The van der Waals surface area contributed by atoms with Crippen LogP contribution >= 0.6 is 133 Å². The lowest BCUT2D eigenvalue weighted by Gasteiger charge is -2.24. The second kappa shape index (κ2) is 47.7. The zero-order chi connectivity index (χ0) is 79.1. The molecule has 0 radical (unpaired) electrons. The zero-order valence-corrected chi connectivity index (χ0v) is 71.1. The molecule has 34 heteroatoms. The van der Waals surface area contributed by atoms with E-state index < -0.39 is 92.1 Å². The molecule has 4 aromatic carbocycles. The predicted molar refractivity (Wildman–Crippen MR) is 442 cm³/mol. The van der Waals surface area contributed by atoms with Crippen LogP contribution in [0.5, 0.6) is 0 Å². The number of nitrogens with two attached hydrogens (primary N) is 2. The fraction of sp³-hybridized carbons (Fsp3) is 0.273. The molecule has 0 aliphatic rings. The lowest BCUT2D eigenvalue weighted by Crippen LogP contribution is -2.27. The number of carbonyl (C=O) groups is 2. The first-order chi connectivity index (χ1) is 49.4. The Balaban J connectivity index is 0.00000134. The molecule has 0 bridgehead atoms. The highest BCUT2D eigenvalue weighted by molar-refractivity contribution is 9.11. The molecule has 111 heavy (non-hydrogen) atoms. The van der Waals surface area contributed by atoms with Crippen LogP contribution in [0.15, 0.2) is 234 Å². The Kier molecular flexibility index (Phi) is 45.1. The maximum atomic E-state index is 12.8. The van der Waals surface area contributed by atoms with Gasteiger partial charge in [0.25, 0.3) is 0 Å². The van der Waals surface area contributed by atoms with Gasteiger partial charge in [-0.3, -0.25) is 43.7 Å². The van der Waals surface area contributed by atoms with Crippen molar-refractivity contribution in [2.75, 3.05) is 5.75 Å². The van der Waals surface area contributed by atoms with E-state index in [2.05, 4.69) is 125 Å². The summed E-state index contributed by atoms with van der Waals surface area (Å²) in [7, 11) is -1.18. The summed E-state index contributed by atoms with van der Waals surface area (Å²) in [5.74, 6) is -1.05. The van der Waals surface area contributed by atoms with Gasteiger partial charge in [-0.05, 0) is 288 Å². The third-order valence-electron chi connectivity index (χ3n) is 14.5. The molecule has 10 rings (SSSR count). The molecule has 0 aliphatic heterocycles. The Morgan fingerprint density at radius 3 is 0.937 bits per heavy atom. The van der Waals surface area contributed by atoms with Crippen molar-refractivity contribution < 1.29 is 71.2 Å². The lowest BCUT2D eigenvalue weighted by molar-refractivity contribution is -0.155. The van der Waals surface area contributed by atoms with Gasteiger partial charge in [0.15, 0.2) is 6.29 Å². The number of hydrogen-bond donors (Lipinski definition) is 2. The van der Waals surface area contributed by atoms with E-state index in [-0.39, 0.29) is 70.2 Å². The van der Waals surface area contributed by atoms with Crippen molar-refractivity contribution >= 4 is 156 Å². The first-order valence-electron chi connectivity index (χ1n) is 31.3. The van der Waals surface area contributed by atoms with Crippen LogP contribution in [-0.2, 0) is 45.0 Å². The minimum absolute atomic E-state index is 0. The lowest BCUT2D eigenvalue weighted by atomic mass is 9.91. The van der Waals surface area contributed by atoms with Gasteiger partial charge in [-0.1, -0.05) is 63.4 Å². The van der Waals surface area contributed by atoms with Gasteiger partial charge in [0.1, 0.15) is 11.3 Å². The average molecular weight is 2030 g/mol. The predicted octanol–water partition coefficient (Wildman–Crippen LogP) is 25.4. The number of benzene rings is 4. The van der Waals surface area contributed by atoms with Crippen LogP contribution in [0.25, 0.3) is 0 Å². The molecule has 5 atom stereocenters. The van der Waals surface area contributed by atoms with Crippen LogP contribution in [0.2, 0.25) is 0 Å². The fourth-order valence-corrected chi connectivity index (χ4v) is 12.9. The molecule has 0 saturated heterocycles.